The minimum atomic E-state index is -0.461. The quantitative estimate of drug-likeness (QED) is 0.861. The van der Waals surface area contributed by atoms with E-state index in [-0.39, 0.29) is 17.4 Å². The van der Waals surface area contributed by atoms with Gasteiger partial charge in [-0.2, -0.15) is 0 Å². The summed E-state index contributed by atoms with van der Waals surface area (Å²) in [6.45, 7) is 12.9. The van der Waals surface area contributed by atoms with Gasteiger partial charge in [0.1, 0.15) is 0 Å². The molecule has 2 heterocycles. The molecule has 2 aromatic rings. The second-order valence-electron chi connectivity index (χ2n) is 9.80. The Hall–Kier alpha value is -1.98. The molecule has 150 valence electrons. The first-order valence-corrected chi connectivity index (χ1v) is 10.2. The number of piperidine rings is 1. The number of ether oxygens (including phenoxy) is 1. The molecule has 1 aromatic heterocycles. The van der Waals surface area contributed by atoms with E-state index in [2.05, 4.69) is 62.0 Å². The van der Waals surface area contributed by atoms with Crippen molar-refractivity contribution in [1.82, 2.24) is 15.2 Å². The number of rotatable bonds is 5. The molecule has 28 heavy (non-hydrogen) atoms. The Morgan fingerprint density at radius 3 is 2.50 bits per heavy atom. The second-order valence-corrected chi connectivity index (χ2v) is 9.80. The zero-order valence-corrected chi connectivity index (χ0v) is 17.5. The second kappa shape index (κ2) is 6.82. The van der Waals surface area contributed by atoms with Crippen molar-refractivity contribution in [3.05, 3.63) is 42.2 Å². The highest BCUT2D eigenvalue weighted by Gasteiger charge is 2.59. The Morgan fingerprint density at radius 2 is 1.82 bits per heavy atom. The molecule has 1 aromatic carbocycles. The SMILES string of the molecule is CC(C)(C)OCN1C[C@@H]2[C@H](C1)[C@H]2C(=O)NC(C)(C)c1cncc2ccccc12. The molecular formula is C23H31N3O2. The molecule has 3 atom stereocenters. The number of likely N-dealkylation sites (tertiary alicyclic amines) is 1. The molecule has 2 fully saturated rings. The van der Waals surface area contributed by atoms with Crippen LogP contribution in [0.4, 0.5) is 0 Å². The number of nitrogens with one attached hydrogen (secondary N) is 1. The van der Waals surface area contributed by atoms with Crippen molar-refractivity contribution in [3.8, 4) is 0 Å². The van der Waals surface area contributed by atoms with Crippen molar-refractivity contribution in [2.75, 3.05) is 19.8 Å². The van der Waals surface area contributed by atoms with E-state index in [1.54, 1.807) is 0 Å². The van der Waals surface area contributed by atoms with Gasteiger partial charge >= 0.3 is 0 Å². The van der Waals surface area contributed by atoms with E-state index in [9.17, 15) is 4.79 Å². The Morgan fingerprint density at radius 1 is 1.14 bits per heavy atom. The number of nitrogens with zero attached hydrogens (tertiary/aromatic N) is 2. The Balaban J connectivity index is 1.39. The van der Waals surface area contributed by atoms with Gasteiger partial charge in [0.2, 0.25) is 5.91 Å². The van der Waals surface area contributed by atoms with Crippen molar-refractivity contribution in [2.45, 2.75) is 45.8 Å². The summed E-state index contributed by atoms with van der Waals surface area (Å²) in [5, 5.41) is 5.54. The van der Waals surface area contributed by atoms with E-state index in [1.807, 2.05) is 24.5 Å². The summed E-state index contributed by atoms with van der Waals surface area (Å²) in [4.78, 5) is 19.7. The summed E-state index contributed by atoms with van der Waals surface area (Å²) in [6, 6.07) is 8.20. The molecular weight excluding hydrogens is 350 g/mol. The van der Waals surface area contributed by atoms with Crippen molar-refractivity contribution >= 4 is 16.7 Å². The number of hydrogen-bond donors (Lipinski definition) is 1. The number of hydrogen-bond acceptors (Lipinski definition) is 4. The van der Waals surface area contributed by atoms with Crippen LogP contribution in [-0.2, 0) is 15.1 Å². The van der Waals surface area contributed by atoms with Crippen LogP contribution in [0.5, 0.6) is 0 Å². The Bertz CT molecular complexity index is 870. The van der Waals surface area contributed by atoms with Gasteiger partial charge in [0.25, 0.3) is 0 Å². The normalized spacial score (nSPS) is 25.0. The molecule has 2 aliphatic rings. The lowest BCUT2D eigenvalue weighted by molar-refractivity contribution is -0.125. The average molecular weight is 382 g/mol. The number of benzene rings is 1. The molecule has 1 saturated carbocycles. The summed E-state index contributed by atoms with van der Waals surface area (Å²) >= 11 is 0. The molecule has 0 spiro atoms. The summed E-state index contributed by atoms with van der Waals surface area (Å²) in [6.07, 6.45) is 3.75. The lowest BCUT2D eigenvalue weighted by Crippen LogP contribution is -2.43. The van der Waals surface area contributed by atoms with Crippen LogP contribution in [0.15, 0.2) is 36.7 Å². The maximum atomic E-state index is 13.0. The maximum Gasteiger partial charge on any atom is 0.224 e. The molecule has 0 unspecified atom stereocenters. The number of carbonyl (C=O) groups excluding carboxylic acids is 1. The van der Waals surface area contributed by atoms with E-state index in [0.717, 1.165) is 29.4 Å². The minimum absolute atomic E-state index is 0.125. The summed E-state index contributed by atoms with van der Waals surface area (Å²) in [5.41, 5.74) is 0.474. The van der Waals surface area contributed by atoms with Crippen LogP contribution < -0.4 is 5.32 Å². The molecule has 0 bridgehead atoms. The predicted octanol–water partition coefficient (Wildman–Crippen LogP) is 3.54. The van der Waals surface area contributed by atoms with Crippen LogP contribution in [0.3, 0.4) is 0 Å². The van der Waals surface area contributed by atoms with Crippen LogP contribution >= 0.6 is 0 Å². The standard InChI is InChI=1S/C23H31N3O2/c1-22(2,3)28-14-26-12-17-18(13-26)20(17)21(27)25-23(4,5)19-11-24-10-15-8-6-7-9-16(15)19/h6-11,17-18,20H,12-14H2,1-5H3,(H,25,27)/t17-,18+,20+. The fourth-order valence-corrected chi connectivity index (χ4v) is 4.47. The first-order chi connectivity index (χ1) is 13.2. The highest BCUT2D eigenvalue weighted by atomic mass is 16.5. The monoisotopic (exact) mass is 381 g/mol. The number of fused-ring (bicyclic) bond motifs is 2. The van der Waals surface area contributed by atoms with Crippen LogP contribution in [-0.4, -0.2) is 41.2 Å². The summed E-state index contributed by atoms with van der Waals surface area (Å²) in [5.74, 6) is 1.23. The fourth-order valence-electron chi connectivity index (χ4n) is 4.47. The van der Waals surface area contributed by atoms with E-state index >= 15 is 0 Å². The van der Waals surface area contributed by atoms with Gasteiger partial charge in [0, 0.05) is 42.4 Å². The summed E-state index contributed by atoms with van der Waals surface area (Å²) < 4.78 is 5.88. The average Bonchev–Trinajstić information content (AvgIpc) is 3.14. The van der Waals surface area contributed by atoms with Crippen molar-refractivity contribution in [3.63, 3.8) is 0 Å². The molecule has 1 aliphatic carbocycles. The van der Waals surface area contributed by atoms with E-state index in [0.29, 0.717) is 18.6 Å². The highest BCUT2D eigenvalue weighted by molar-refractivity contribution is 5.87. The van der Waals surface area contributed by atoms with Crippen LogP contribution in [0.2, 0.25) is 0 Å². The first-order valence-electron chi connectivity index (χ1n) is 10.2. The molecule has 1 amide bonds. The Kier molecular flexibility index (Phi) is 4.71. The van der Waals surface area contributed by atoms with Gasteiger partial charge in [-0.3, -0.25) is 14.7 Å². The third-order valence-corrected chi connectivity index (χ3v) is 6.03. The molecule has 1 N–H and O–H groups in total. The molecule has 1 saturated heterocycles. The predicted molar refractivity (Wildman–Crippen MR) is 111 cm³/mol. The molecule has 5 heteroatoms. The van der Waals surface area contributed by atoms with E-state index in [1.165, 1.54) is 0 Å². The topological polar surface area (TPSA) is 54.5 Å². The van der Waals surface area contributed by atoms with Crippen molar-refractivity contribution in [1.29, 1.82) is 0 Å². The van der Waals surface area contributed by atoms with Gasteiger partial charge in [-0.05, 0) is 51.8 Å². The molecule has 4 rings (SSSR count). The van der Waals surface area contributed by atoms with E-state index < -0.39 is 5.54 Å². The number of aromatic nitrogens is 1. The van der Waals surface area contributed by atoms with E-state index in [4.69, 9.17) is 4.74 Å². The van der Waals surface area contributed by atoms with Gasteiger partial charge in [-0.15, -0.1) is 0 Å². The molecule has 0 radical (unpaired) electrons. The van der Waals surface area contributed by atoms with Gasteiger partial charge in [-0.25, -0.2) is 0 Å². The lowest BCUT2D eigenvalue weighted by atomic mass is 9.91. The number of amides is 1. The number of carbonyl (C=O) groups is 1. The van der Waals surface area contributed by atoms with Crippen molar-refractivity contribution in [2.24, 2.45) is 17.8 Å². The zero-order chi connectivity index (χ0) is 20.1. The third kappa shape index (κ3) is 3.78. The number of pyridine rings is 1. The largest absolute Gasteiger partial charge is 0.360 e. The molecule has 1 aliphatic heterocycles. The van der Waals surface area contributed by atoms with Gasteiger partial charge < -0.3 is 10.1 Å². The Labute approximate surface area is 167 Å². The zero-order valence-electron chi connectivity index (χ0n) is 17.5. The first kappa shape index (κ1) is 19.3. The van der Waals surface area contributed by atoms with Crippen molar-refractivity contribution < 1.29 is 9.53 Å². The van der Waals surface area contributed by atoms with Crippen LogP contribution in [0, 0.1) is 17.8 Å². The molecule has 5 nitrogen and oxygen atoms in total. The summed E-state index contributed by atoms with van der Waals surface area (Å²) in [7, 11) is 0. The maximum absolute atomic E-state index is 13.0. The smallest absolute Gasteiger partial charge is 0.224 e. The van der Waals surface area contributed by atoms with Gasteiger partial charge in [-0.1, -0.05) is 24.3 Å². The third-order valence-electron chi connectivity index (χ3n) is 6.03. The highest BCUT2D eigenvalue weighted by Crippen LogP contribution is 2.52. The lowest BCUT2D eigenvalue weighted by Gasteiger charge is -2.29. The van der Waals surface area contributed by atoms with Crippen LogP contribution in [0.1, 0.15) is 40.2 Å². The van der Waals surface area contributed by atoms with Crippen LogP contribution in [0.25, 0.3) is 10.8 Å². The van der Waals surface area contributed by atoms with Gasteiger partial charge in [0.05, 0.1) is 17.9 Å². The minimum Gasteiger partial charge on any atom is -0.360 e. The fraction of sp³-hybridized carbons (Fsp3) is 0.565. The van der Waals surface area contributed by atoms with Gasteiger partial charge in [0.15, 0.2) is 0 Å².